The van der Waals surface area contributed by atoms with Gasteiger partial charge in [-0.25, -0.2) is 9.97 Å². The predicted octanol–water partition coefficient (Wildman–Crippen LogP) is 3.86. The lowest BCUT2D eigenvalue weighted by Crippen LogP contribution is -2.32. The standard InChI is InChI=1S/C21H22N4O/c1-13-6-7-15(20(26)24-17-4-2-3-5-17)11-18(13)14-8-9-19-16(10-14)12-23-21(22)25-19/h6-12,17H,2-5H2,1H3,(H,24,26)(H2,22,23,25). The second-order valence-electron chi connectivity index (χ2n) is 6.99. The molecular formula is C21H22N4O. The van der Waals surface area contributed by atoms with E-state index in [-0.39, 0.29) is 11.9 Å². The minimum absolute atomic E-state index is 0.00930. The summed E-state index contributed by atoms with van der Waals surface area (Å²) < 4.78 is 0. The van der Waals surface area contributed by atoms with Gasteiger partial charge in [0, 0.05) is 23.2 Å². The number of aryl methyl sites for hydroxylation is 1. The van der Waals surface area contributed by atoms with Crippen LogP contribution in [0.4, 0.5) is 5.95 Å². The summed E-state index contributed by atoms with van der Waals surface area (Å²) in [6.07, 6.45) is 6.30. The molecule has 1 aliphatic carbocycles. The van der Waals surface area contributed by atoms with Crippen molar-refractivity contribution < 1.29 is 4.79 Å². The average Bonchev–Trinajstić information content (AvgIpc) is 3.14. The summed E-state index contributed by atoms with van der Waals surface area (Å²) in [7, 11) is 0. The van der Waals surface area contributed by atoms with Crippen LogP contribution < -0.4 is 11.1 Å². The Bertz CT molecular complexity index is 977. The van der Waals surface area contributed by atoms with Crippen molar-refractivity contribution >= 4 is 22.8 Å². The maximum Gasteiger partial charge on any atom is 0.251 e. The highest BCUT2D eigenvalue weighted by Gasteiger charge is 2.18. The average molecular weight is 346 g/mol. The molecule has 5 heteroatoms. The van der Waals surface area contributed by atoms with Crippen molar-refractivity contribution in [2.45, 2.75) is 38.6 Å². The van der Waals surface area contributed by atoms with Crippen molar-refractivity contribution in [2.24, 2.45) is 0 Å². The SMILES string of the molecule is Cc1ccc(C(=O)NC2CCCC2)cc1-c1ccc2nc(N)ncc2c1. The summed E-state index contributed by atoms with van der Waals surface area (Å²) >= 11 is 0. The lowest BCUT2D eigenvalue weighted by atomic mass is 9.96. The molecule has 0 radical (unpaired) electrons. The number of anilines is 1. The van der Waals surface area contributed by atoms with Gasteiger partial charge in [0.1, 0.15) is 0 Å². The van der Waals surface area contributed by atoms with E-state index in [4.69, 9.17) is 5.73 Å². The molecule has 3 N–H and O–H groups in total. The van der Waals surface area contributed by atoms with E-state index in [1.54, 1.807) is 6.20 Å². The van der Waals surface area contributed by atoms with E-state index < -0.39 is 0 Å². The van der Waals surface area contributed by atoms with Gasteiger partial charge in [0.25, 0.3) is 5.91 Å². The van der Waals surface area contributed by atoms with Crippen molar-refractivity contribution in [1.29, 1.82) is 0 Å². The molecule has 0 aliphatic heterocycles. The van der Waals surface area contributed by atoms with Crippen LogP contribution in [0.25, 0.3) is 22.0 Å². The minimum atomic E-state index is 0.00930. The fraction of sp³-hybridized carbons (Fsp3) is 0.286. The topological polar surface area (TPSA) is 80.9 Å². The molecule has 1 amide bonds. The van der Waals surface area contributed by atoms with Gasteiger partial charge in [0.15, 0.2) is 0 Å². The van der Waals surface area contributed by atoms with Gasteiger partial charge in [-0.3, -0.25) is 4.79 Å². The first-order valence-corrected chi connectivity index (χ1v) is 9.04. The largest absolute Gasteiger partial charge is 0.368 e. The van der Waals surface area contributed by atoms with Crippen molar-refractivity contribution in [3.05, 3.63) is 53.7 Å². The number of nitrogens with one attached hydrogen (secondary N) is 1. The fourth-order valence-electron chi connectivity index (χ4n) is 3.63. The quantitative estimate of drug-likeness (QED) is 0.754. The van der Waals surface area contributed by atoms with Crippen LogP contribution in [0.5, 0.6) is 0 Å². The summed E-state index contributed by atoms with van der Waals surface area (Å²) in [6, 6.07) is 12.2. The third kappa shape index (κ3) is 3.25. The van der Waals surface area contributed by atoms with E-state index in [9.17, 15) is 4.79 Å². The molecule has 4 rings (SSSR count). The molecule has 1 fully saturated rings. The van der Waals surface area contributed by atoms with Crippen LogP contribution in [0, 0.1) is 6.92 Å². The summed E-state index contributed by atoms with van der Waals surface area (Å²) in [5.41, 5.74) is 10.4. The number of amides is 1. The van der Waals surface area contributed by atoms with Gasteiger partial charge >= 0.3 is 0 Å². The van der Waals surface area contributed by atoms with Crippen LogP contribution in [0.2, 0.25) is 0 Å². The molecule has 5 nitrogen and oxygen atoms in total. The van der Waals surface area contributed by atoms with E-state index in [0.717, 1.165) is 40.4 Å². The van der Waals surface area contributed by atoms with E-state index in [1.165, 1.54) is 12.8 Å². The number of nitrogens with zero attached hydrogens (tertiary/aromatic N) is 2. The summed E-state index contributed by atoms with van der Waals surface area (Å²) in [4.78, 5) is 20.9. The normalized spacial score (nSPS) is 14.7. The maximum absolute atomic E-state index is 12.6. The molecule has 0 spiro atoms. The lowest BCUT2D eigenvalue weighted by Gasteiger charge is -2.14. The number of hydrogen-bond donors (Lipinski definition) is 2. The molecule has 26 heavy (non-hydrogen) atoms. The Morgan fingerprint density at radius 1 is 1.15 bits per heavy atom. The molecule has 1 aromatic heterocycles. The third-order valence-electron chi connectivity index (χ3n) is 5.10. The Morgan fingerprint density at radius 2 is 1.96 bits per heavy atom. The zero-order valence-electron chi connectivity index (χ0n) is 14.8. The van der Waals surface area contributed by atoms with E-state index in [2.05, 4.69) is 22.2 Å². The van der Waals surface area contributed by atoms with E-state index in [1.807, 2.05) is 36.4 Å². The van der Waals surface area contributed by atoms with Crippen molar-refractivity contribution in [1.82, 2.24) is 15.3 Å². The number of carbonyl (C=O) groups is 1. The van der Waals surface area contributed by atoms with Crippen molar-refractivity contribution in [3.63, 3.8) is 0 Å². The van der Waals surface area contributed by atoms with Gasteiger partial charge in [-0.2, -0.15) is 0 Å². The lowest BCUT2D eigenvalue weighted by molar-refractivity contribution is 0.0938. The Morgan fingerprint density at radius 3 is 2.77 bits per heavy atom. The molecule has 0 unspecified atom stereocenters. The van der Waals surface area contributed by atoms with Gasteiger partial charge in [-0.1, -0.05) is 25.0 Å². The number of nitrogen functional groups attached to an aromatic ring is 1. The number of benzene rings is 2. The molecule has 1 heterocycles. The van der Waals surface area contributed by atoms with Crippen LogP contribution in [0.3, 0.4) is 0 Å². The van der Waals surface area contributed by atoms with Crippen LogP contribution in [0.15, 0.2) is 42.6 Å². The van der Waals surface area contributed by atoms with E-state index >= 15 is 0 Å². The highest BCUT2D eigenvalue weighted by atomic mass is 16.1. The molecule has 1 aliphatic rings. The van der Waals surface area contributed by atoms with Crippen molar-refractivity contribution in [3.8, 4) is 11.1 Å². The van der Waals surface area contributed by atoms with Crippen LogP contribution >= 0.6 is 0 Å². The fourth-order valence-corrected chi connectivity index (χ4v) is 3.63. The Labute approximate surface area is 152 Å². The predicted molar refractivity (Wildman–Crippen MR) is 104 cm³/mol. The first kappa shape index (κ1) is 16.5. The maximum atomic E-state index is 12.6. The third-order valence-corrected chi connectivity index (χ3v) is 5.10. The molecule has 2 aromatic carbocycles. The van der Waals surface area contributed by atoms with Gasteiger partial charge in [-0.05, 0) is 60.7 Å². The van der Waals surface area contributed by atoms with Gasteiger partial charge < -0.3 is 11.1 Å². The highest BCUT2D eigenvalue weighted by molar-refractivity contribution is 5.96. The smallest absolute Gasteiger partial charge is 0.251 e. The Balaban J connectivity index is 1.67. The summed E-state index contributed by atoms with van der Waals surface area (Å²) in [5, 5.41) is 4.08. The highest BCUT2D eigenvalue weighted by Crippen LogP contribution is 2.28. The zero-order valence-corrected chi connectivity index (χ0v) is 14.8. The number of nitrogens with two attached hydrogens (primary N) is 1. The molecule has 1 saturated carbocycles. The molecule has 0 bridgehead atoms. The van der Waals surface area contributed by atoms with Gasteiger partial charge in [-0.15, -0.1) is 0 Å². The van der Waals surface area contributed by atoms with Crippen LogP contribution in [-0.4, -0.2) is 21.9 Å². The zero-order chi connectivity index (χ0) is 18.1. The molecule has 3 aromatic rings. The number of rotatable bonds is 3. The molecule has 0 saturated heterocycles. The first-order chi connectivity index (χ1) is 12.6. The number of carbonyl (C=O) groups excluding carboxylic acids is 1. The number of aromatic nitrogens is 2. The minimum Gasteiger partial charge on any atom is -0.368 e. The summed E-state index contributed by atoms with van der Waals surface area (Å²) in [5.74, 6) is 0.280. The van der Waals surface area contributed by atoms with Crippen LogP contribution in [-0.2, 0) is 0 Å². The number of fused-ring (bicyclic) bond motifs is 1. The van der Waals surface area contributed by atoms with E-state index in [0.29, 0.717) is 11.6 Å². The Kier molecular flexibility index (Phi) is 4.29. The second-order valence-corrected chi connectivity index (χ2v) is 6.99. The van der Waals surface area contributed by atoms with Crippen molar-refractivity contribution in [2.75, 3.05) is 5.73 Å². The first-order valence-electron chi connectivity index (χ1n) is 9.04. The monoisotopic (exact) mass is 346 g/mol. The number of hydrogen-bond acceptors (Lipinski definition) is 4. The molecular weight excluding hydrogens is 324 g/mol. The van der Waals surface area contributed by atoms with Crippen LogP contribution in [0.1, 0.15) is 41.6 Å². The Hall–Kier alpha value is -2.95. The summed E-state index contributed by atoms with van der Waals surface area (Å²) in [6.45, 7) is 2.05. The molecule has 132 valence electrons. The van der Waals surface area contributed by atoms with Gasteiger partial charge in [0.2, 0.25) is 5.95 Å². The molecule has 0 atom stereocenters. The van der Waals surface area contributed by atoms with Gasteiger partial charge in [0.05, 0.1) is 5.52 Å². The second kappa shape index (κ2) is 6.75.